The van der Waals surface area contributed by atoms with Crippen LogP contribution in [0.15, 0.2) is 42.5 Å². The monoisotopic (exact) mass is 715 g/mol. The summed E-state index contributed by atoms with van der Waals surface area (Å²) in [4.78, 5) is 61.7. The van der Waals surface area contributed by atoms with E-state index >= 15 is 0 Å². The number of amides is 4. The van der Waals surface area contributed by atoms with E-state index < -0.39 is 29.8 Å². The van der Waals surface area contributed by atoms with E-state index in [1.54, 1.807) is 29.2 Å². The number of halogens is 1. The van der Waals surface area contributed by atoms with Gasteiger partial charge in [-0.15, -0.1) is 0 Å². The largest absolute Gasteiger partial charge is 0.493 e. The molecule has 4 bridgehead atoms. The Morgan fingerprint density at radius 2 is 1.79 bits per heavy atom. The Morgan fingerprint density at radius 1 is 0.962 bits per heavy atom. The fourth-order valence-electron chi connectivity index (χ4n) is 7.50. The third-order valence-corrected chi connectivity index (χ3v) is 10.2. The van der Waals surface area contributed by atoms with Crippen LogP contribution in [0.4, 0.5) is 4.39 Å². The van der Waals surface area contributed by atoms with Crippen LogP contribution in [0.3, 0.4) is 0 Å². The summed E-state index contributed by atoms with van der Waals surface area (Å²) in [5.41, 5.74) is 2.45. The van der Waals surface area contributed by atoms with Gasteiger partial charge in [-0.25, -0.2) is 9.37 Å². The molecule has 274 valence electrons. The van der Waals surface area contributed by atoms with E-state index in [2.05, 4.69) is 15.6 Å². The Hall–Kier alpha value is -5.40. The van der Waals surface area contributed by atoms with Crippen LogP contribution in [0.1, 0.15) is 76.1 Å². The van der Waals surface area contributed by atoms with Crippen LogP contribution >= 0.6 is 0 Å². The molecule has 14 heteroatoms. The molecular weight excluding hydrogens is 673 g/mol. The van der Waals surface area contributed by atoms with Crippen molar-refractivity contribution in [2.24, 2.45) is 0 Å². The lowest BCUT2D eigenvalue weighted by atomic mass is 10.00. The van der Waals surface area contributed by atoms with Gasteiger partial charge in [0.25, 0.3) is 17.7 Å². The Bertz CT molecular complexity index is 1880. The van der Waals surface area contributed by atoms with Crippen LogP contribution < -0.4 is 29.6 Å². The number of fused-ring (bicyclic) bond motifs is 6. The number of carbonyl (C=O) groups is 4. The van der Waals surface area contributed by atoms with Crippen molar-refractivity contribution >= 4 is 23.6 Å². The second-order valence-corrected chi connectivity index (χ2v) is 13.6. The van der Waals surface area contributed by atoms with E-state index in [0.717, 1.165) is 31.2 Å². The molecule has 3 aliphatic heterocycles. The normalized spacial score (nSPS) is 21.1. The number of aryl methyl sites for hydroxylation is 1. The number of aromatic nitrogens is 1. The first-order chi connectivity index (χ1) is 25.2. The molecule has 0 spiro atoms. The van der Waals surface area contributed by atoms with Crippen molar-refractivity contribution in [1.29, 1.82) is 0 Å². The number of hydrogen-bond donors (Lipinski definition) is 2. The molecule has 13 nitrogen and oxygen atoms in total. The van der Waals surface area contributed by atoms with E-state index in [-0.39, 0.29) is 74.1 Å². The summed E-state index contributed by atoms with van der Waals surface area (Å²) >= 11 is 0. The van der Waals surface area contributed by atoms with Crippen LogP contribution in [0.5, 0.6) is 23.1 Å². The summed E-state index contributed by atoms with van der Waals surface area (Å²) in [5, 5.41) is 5.80. The summed E-state index contributed by atoms with van der Waals surface area (Å²) in [6.07, 6.45) is 4.27. The summed E-state index contributed by atoms with van der Waals surface area (Å²) in [6.45, 7) is 0.372. The van der Waals surface area contributed by atoms with E-state index in [0.29, 0.717) is 41.3 Å². The summed E-state index contributed by atoms with van der Waals surface area (Å²) in [5.74, 6) is -0.662. The molecule has 0 unspecified atom stereocenters. The lowest BCUT2D eigenvalue weighted by Gasteiger charge is -2.39. The zero-order valence-electron chi connectivity index (χ0n) is 29.2. The highest BCUT2D eigenvalue weighted by Crippen LogP contribution is 2.34. The molecule has 1 aliphatic carbocycles. The third-order valence-electron chi connectivity index (χ3n) is 10.2. The molecule has 2 atom stereocenters. The number of ether oxygens (including phenoxy) is 4. The Morgan fingerprint density at radius 3 is 2.58 bits per heavy atom. The van der Waals surface area contributed by atoms with Crippen molar-refractivity contribution in [2.45, 2.75) is 76.2 Å². The maximum absolute atomic E-state index is 14.8. The van der Waals surface area contributed by atoms with E-state index in [1.165, 1.54) is 26.4 Å². The molecule has 1 saturated heterocycles. The SMILES string of the molecule is COc1ccc2cc1OCC(=O)N[C@@H]1CN(C(=O)c3cc4c(nc3OC)CN(C3CCCC3)C4=O)CC[C@H]1Oc1cc(F)cc(c1)CNC(=O)CC2. The molecule has 52 heavy (non-hydrogen) atoms. The van der Waals surface area contributed by atoms with Gasteiger partial charge in [-0.3, -0.25) is 19.2 Å². The van der Waals surface area contributed by atoms with Gasteiger partial charge in [0.1, 0.15) is 23.2 Å². The van der Waals surface area contributed by atoms with Gasteiger partial charge in [-0.1, -0.05) is 18.9 Å². The number of carbonyl (C=O) groups excluding carboxylic acids is 4. The van der Waals surface area contributed by atoms with Crippen LogP contribution in [0.2, 0.25) is 0 Å². The Labute approximate surface area is 300 Å². The van der Waals surface area contributed by atoms with Gasteiger partial charge in [0, 0.05) is 44.6 Å². The molecule has 0 radical (unpaired) electrons. The summed E-state index contributed by atoms with van der Waals surface area (Å²) < 4.78 is 38.0. The molecule has 4 amide bonds. The molecule has 2 N–H and O–H groups in total. The molecule has 3 aromatic rings. The maximum atomic E-state index is 14.8. The minimum absolute atomic E-state index is 0.0364. The first-order valence-electron chi connectivity index (χ1n) is 17.7. The second kappa shape index (κ2) is 15.1. The number of benzene rings is 2. The Kier molecular flexibility index (Phi) is 10.1. The molecule has 1 aromatic heterocycles. The van der Waals surface area contributed by atoms with Crippen molar-refractivity contribution in [2.75, 3.05) is 33.9 Å². The highest BCUT2D eigenvalue weighted by molar-refractivity contribution is 6.03. The van der Waals surface area contributed by atoms with Crippen LogP contribution in [0, 0.1) is 5.82 Å². The van der Waals surface area contributed by atoms with Crippen LogP contribution in [-0.4, -0.2) is 90.5 Å². The van der Waals surface area contributed by atoms with Crippen molar-refractivity contribution in [1.82, 2.24) is 25.4 Å². The van der Waals surface area contributed by atoms with Crippen LogP contribution in [-0.2, 0) is 29.1 Å². The van der Waals surface area contributed by atoms with Gasteiger partial charge in [-0.2, -0.15) is 0 Å². The smallest absolute Gasteiger partial charge is 0.259 e. The maximum Gasteiger partial charge on any atom is 0.259 e. The van der Waals surface area contributed by atoms with Gasteiger partial charge >= 0.3 is 0 Å². The molecule has 4 aliphatic rings. The van der Waals surface area contributed by atoms with E-state index in [4.69, 9.17) is 18.9 Å². The number of nitrogens with one attached hydrogen (secondary N) is 2. The Balaban J connectivity index is 1.15. The van der Waals surface area contributed by atoms with E-state index in [9.17, 15) is 23.6 Å². The minimum atomic E-state index is -0.736. The van der Waals surface area contributed by atoms with Gasteiger partial charge in [0.05, 0.1) is 38.1 Å². The lowest BCUT2D eigenvalue weighted by molar-refractivity contribution is -0.125. The molecule has 1 saturated carbocycles. The fourth-order valence-corrected chi connectivity index (χ4v) is 7.50. The predicted molar refractivity (Wildman–Crippen MR) is 185 cm³/mol. The molecule has 2 fully saturated rings. The standard InChI is InChI=1S/C38H42FN5O8/c1-49-32-9-7-22-8-10-34(45)40-18-23-13-24(39)16-26(14-23)52-31-11-12-43(19-30(31)41-35(46)21-51-33(32)15-22)37(47)28-17-27-29(42-36(28)50-2)20-44(38(27)48)25-5-3-4-6-25/h7,9,13-17,25,30-31H,3-6,8,10-12,18-21H2,1-2H3,(H,40,45)(H,41,46)/t30-,31-/m1/s1. The predicted octanol–water partition coefficient (Wildman–Crippen LogP) is 3.56. The topological polar surface area (TPSA) is 149 Å². The number of hydrogen-bond acceptors (Lipinski definition) is 9. The number of piperidine rings is 1. The van der Waals surface area contributed by atoms with Gasteiger partial charge < -0.3 is 39.4 Å². The van der Waals surface area contributed by atoms with Gasteiger partial charge in [0.15, 0.2) is 18.1 Å². The average Bonchev–Trinajstić information content (AvgIpc) is 3.79. The van der Waals surface area contributed by atoms with Crippen molar-refractivity contribution in [3.05, 3.63) is 76.2 Å². The van der Waals surface area contributed by atoms with Crippen molar-refractivity contribution in [3.8, 4) is 23.1 Å². The number of pyridine rings is 1. The van der Waals surface area contributed by atoms with Crippen LogP contribution in [0.25, 0.3) is 0 Å². The highest BCUT2D eigenvalue weighted by Gasteiger charge is 2.39. The summed E-state index contributed by atoms with van der Waals surface area (Å²) in [6, 6.07) is 10.5. The van der Waals surface area contributed by atoms with E-state index in [1.807, 2.05) is 11.0 Å². The molecule has 2 aromatic carbocycles. The number of rotatable bonds is 4. The number of likely N-dealkylation sites (tertiary alicyclic amines) is 1. The quantitative estimate of drug-likeness (QED) is 0.414. The molecule has 7 rings (SSSR count). The first-order valence-corrected chi connectivity index (χ1v) is 17.7. The average molecular weight is 716 g/mol. The van der Waals surface area contributed by atoms with Crippen molar-refractivity contribution < 1.29 is 42.5 Å². The minimum Gasteiger partial charge on any atom is -0.493 e. The summed E-state index contributed by atoms with van der Waals surface area (Å²) in [7, 11) is 2.93. The zero-order valence-corrected chi connectivity index (χ0v) is 29.2. The van der Waals surface area contributed by atoms with Gasteiger partial charge in [0.2, 0.25) is 11.8 Å². The lowest BCUT2D eigenvalue weighted by Crippen LogP contribution is -2.58. The molecular formula is C38H42FN5O8. The highest BCUT2D eigenvalue weighted by atomic mass is 19.1. The number of methoxy groups -OCH3 is 2. The second-order valence-electron chi connectivity index (χ2n) is 13.6. The van der Waals surface area contributed by atoms with Crippen molar-refractivity contribution in [3.63, 3.8) is 0 Å². The number of nitrogens with zero attached hydrogens (tertiary/aromatic N) is 3. The third kappa shape index (κ3) is 7.46. The fraction of sp³-hybridized carbons (Fsp3) is 0.447. The first kappa shape index (κ1) is 35.0. The van der Waals surface area contributed by atoms with Gasteiger partial charge in [-0.05, 0) is 60.7 Å². The molecule has 4 heterocycles. The zero-order chi connectivity index (χ0) is 36.4.